The van der Waals surface area contributed by atoms with Crippen LogP contribution in [0.15, 0.2) is 12.4 Å². The lowest BCUT2D eigenvalue weighted by Gasteiger charge is -2.35. The Bertz CT molecular complexity index is 599. The minimum absolute atomic E-state index is 0.286. The second-order valence-corrected chi connectivity index (χ2v) is 5.62. The van der Waals surface area contributed by atoms with Crippen LogP contribution in [0.4, 0.5) is 11.8 Å². The van der Waals surface area contributed by atoms with E-state index < -0.39 is 0 Å². The van der Waals surface area contributed by atoms with Gasteiger partial charge in [-0.05, 0) is 14.1 Å². The largest absolute Gasteiger partial charge is 0.366 e. The Morgan fingerprint density at radius 1 is 1.24 bits per heavy atom. The molecule has 3 rings (SSSR count). The standard InChI is InChI=1S/C13H22N8/c1-18(2)5-6-19-7-9-20(10-8-19)11-12-16-13(14)17-21(12)4-3-15-11/h3-4H,5-10H2,1-2H3,(H2,14,17). The summed E-state index contributed by atoms with van der Waals surface area (Å²) in [6.45, 7) is 6.19. The van der Waals surface area contributed by atoms with Gasteiger partial charge in [0.15, 0.2) is 11.5 Å². The van der Waals surface area contributed by atoms with Crippen LogP contribution < -0.4 is 10.6 Å². The molecular formula is C13H22N8. The molecule has 8 nitrogen and oxygen atoms in total. The van der Waals surface area contributed by atoms with Crippen molar-refractivity contribution in [2.45, 2.75) is 0 Å². The lowest BCUT2D eigenvalue weighted by molar-refractivity contribution is 0.229. The minimum atomic E-state index is 0.286. The smallest absolute Gasteiger partial charge is 0.240 e. The second-order valence-electron chi connectivity index (χ2n) is 5.62. The zero-order valence-electron chi connectivity index (χ0n) is 12.6. The summed E-state index contributed by atoms with van der Waals surface area (Å²) in [7, 11) is 4.22. The molecule has 2 aromatic rings. The zero-order chi connectivity index (χ0) is 14.8. The van der Waals surface area contributed by atoms with E-state index in [4.69, 9.17) is 5.73 Å². The molecule has 1 aliphatic heterocycles. The SMILES string of the molecule is CN(C)CCN1CCN(c2nccn3nc(N)nc23)CC1. The van der Waals surface area contributed by atoms with Gasteiger partial charge in [0.25, 0.3) is 0 Å². The van der Waals surface area contributed by atoms with Crippen LogP contribution in [0, 0.1) is 0 Å². The molecule has 0 aromatic carbocycles. The quantitative estimate of drug-likeness (QED) is 0.804. The van der Waals surface area contributed by atoms with E-state index in [2.05, 4.69) is 43.9 Å². The lowest BCUT2D eigenvalue weighted by atomic mass is 10.3. The fraction of sp³-hybridized carbons (Fsp3) is 0.615. The number of nitrogen functional groups attached to an aromatic ring is 1. The molecule has 21 heavy (non-hydrogen) atoms. The third kappa shape index (κ3) is 3.06. The van der Waals surface area contributed by atoms with Gasteiger partial charge in [0.2, 0.25) is 5.95 Å². The van der Waals surface area contributed by atoms with Crippen molar-refractivity contribution in [2.24, 2.45) is 0 Å². The van der Waals surface area contributed by atoms with Crippen LogP contribution in [0.3, 0.4) is 0 Å². The maximum atomic E-state index is 5.68. The molecule has 0 bridgehead atoms. The van der Waals surface area contributed by atoms with Gasteiger partial charge in [0.05, 0.1) is 0 Å². The van der Waals surface area contributed by atoms with Crippen LogP contribution in [-0.2, 0) is 0 Å². The third-order valence-corrected chi connectivity index (χ3v) is 3.79. The summed E-state index contributed by atoms with van der Waals surface area (Å²) in [5, 5.41) is 4.13. The Morgan fingerprint density at radius 2 is 2.00 bits per heavy atom. The molecule has 0 spiro atoms. The van der Waals surface area contributed by atoms with Crippen molar-refractivity contribution < 1.29 is 0 Å². The first-order valence-electron chi connectivity index (χ1n) is 7.22. The number of nitrogens with two attached hydrogens (primary N) is 1. The van der Waals surface area contributed by atoms with Gasteiger partial charge in [-0.25, -0.2) is 9.50 Å². The molecular weight excluding hydrogens is 268 g/mol. The van der Waals surface area contributed by atoms with E-state index in [1.165, 1.54) is 0 Å². The van der Waals surface area contributed by atoms with Gasteiger partial charge in [-0.3, -0.25) is 4.90 Å². The molecule has 114 valence electrons. The highest BCUT2D eigenvalue weighted by Crippen LogP contribution is 2.18. The van der Waals surface area contributed by atoms with Crippen molar-refractivity contribution in [3.8, 4) is 0 Å². The lowest BCUT2D eigenvalue weighted by Crippen LogP contribution is -2.48. The van der Waals surface area contributed by atoms with Crippen LogP contribution in [-0.4, -0.2) is 82.7 Å². The van der Waals surface area contributed by atoms with Crippen molar-refractivity contribution >= 4 is 17.4 Å². The van der Waals surface area contributed by atoms with Gasteiger partial charge in [-0.2, -0.15) is 4.98 Å². The molecule has 0 unspecified atom stereocenters. The summed E-state index contributed by atoms with van der Waals surface area (Å²) >= 11 is 0. The summed E-state index contributed by atoms with van der Waals surface area (Å²) in [5.74, 6) is 1.16. The predicted octanol–water partition coefficient (Wildman–Crippen LogP) is -0.610. The molecule has 1 aliphatic rings. The Hall–Kier alpha value is -1.93. The van der Waals surface area contributed by atoms with Crippen LogP contribution in [0.5, 0.6) is 0 Å². The van der Waals surface area contributed by atoms with Gasteiger partial charge in [-0.1, -0.05) is 0 Å². The van der Waals surface area contributed by atoms with Crippen molar-refractivity contribution in [3.63, 3.8) is 0 Å². The van der Waals surface area contributed by atoms with E-state index in [0.717, 1.165) is 50.7 Å². The van der Waals surface area contributed by atoms with Crippen LogP contribution in [0.25, 0.3) is 5.65 Å². The number of anilines is 2. The van der Waals surface area contributed by atoms with Crippen LogP contribution in [0.2, 0.25) is 0 Å². The summed E-state index contributed by atoms with van der Waals surface area (Å²) in [6.07, 6.45) is 3.52. The molecule has 0 radical (unpaired) electrons. The monoisotopic (exact) mass is 290 g/mol. The molecule has 2 aromatic heterocycles. The molecule has 0 amide bonds. The topological polar surface area (TPSA) is 78.8 Å². The molecule has 0 atom stereocenters. The van der Waals surface area contributed by atoms with E-state index in [1.54, 1.807) is 16.9 Å². The first kappa shape index (κ1) is 14.0. The number of rotatable bonds is 4. The van der Waals surface area contributed by atoms with Crippen molar-refractivity contribution in [3.05, 3.63) is 12.4 Å². The average molecular weight is 290 g/mol. The van der Waals surface area contributed by atoms with Gasteiger partial charge < -0.3 is 15.5 Å². The summed E-state index contributed by atoms with van der Waals surface area (Å²) in [4.78, 5) is 15.7. The average Bonchev–Trinajstić information content (AvgIpc) is 2.85. The fourth-order valence-corrected chi connectivity index (χ4v) is 2.57. The number of likely N-dealkylation sites (N-methyl/N-ethyl adjacent to an activating group) is 1. The number of hydrogen-bond donors (Lipinski definition) is 1. The first-order valence-corrected chi connectivity index (χ1v) is 7.22. The Kier molecular flexibility index (Phi) is 3.89. The normalized spacial score (nSPS) is 17.0. The van der Waals surface area contributed by atoms with E-state index in [1.807, 2.05) is 0 Å². The van der Waals surface area contributed by atoms with Gasteiger partial charge >= 0.3 is 0 Å². The zero-order valence-corrected chi connectivity index (χ0v) is 12.6. The molecule has 0 saturated carbocycles. The van der Waals surface area contributed by atoms with E-state index in [9.17, 15) is 0 Å². The molecule has 1 saturated heterocycles. The molecule has 0 aliphatic carbocycles. The summed E-state index contributed by atoms with van der Waals surface area (Å²) in [6, 6.07) is 0. The summed E-state index contributed by atoms with van der Waals surface area (Å²) in [5.41, 5.74) is 6.41. The maximum Gasteiger partial charge on any atom is 0.240 e. The molecule has 2 N–H and O–H groups in total. The van der Waals surface area contributed by atoms with Crippen molar-refractivity contribution in [1.29, 1.82) is 0 Å². The predicted molar refractivity (Wildman–Crippen MR) is 82.4 cm³/mol. The summed E-state index contributed by atoms with van der Waals surface area (Å²) < 4.78 is 1.69. The van der Waals surface area contributed by atoms with Crippen LogP contribution >= 0.6 is 0 Å². The van der Waals surface area contributed by atoms with Crippen molar-refractivity contribution in [2.75, 3.05) is 64.0 Å². The Morgan fingerprint density at radius 3 is 2.71 bits per heavy atom. The molecule has 8 heteroatoms. The van der Waals surface area contributed by atoms with Crippen molar-refractivity contribution in [1.82, 2.24) is 29.4 Å². The Labute approximate surface area is 124 Å². The number of piperazine rings is 1. The van der Waals surface area contributed by atoms with E-state index in [-0.39, 0.29) is 5.95 Å². The molecule has 3 heterocycles. The highest BCUT2D eigenvalue weighted by molar-refractivity contribution is 5.65. The second kappa shape index (κ2) is 5.82. The van der Waals surface area contributed by atoms with Gasteiger partial charge in [0.1, 0.15) is 0 Å². The number of aromatic nitrogens is 4. The number of fused-ring (bicyclic) bond motifs is 1. The maximum absolute atomic E-state index is 5.68. The van der Waals surface area contributed by atoms with Gasteiger partial charge in [-0.15, -0.1) is 5.10 Å². The minimum Gasteiger partial charge on any atom is -0.366 e. The number of nitrogens with zero attached hydrogens (tertiary/aromatic N) is 7. The van der Waals surface area contributed by atoms with E-state index in [0.29, 0.717) is 0 Å². The highest BCUT2D eigenvalue weighted by atomic mass is 15.4. The fourth-order valence-electron chi connectivity index (χ4n) is 2.57. The number of hydrogen-bond acceptors (Lipinski definition) is 7. The Balaban J connectivity index is 1.68. The van der Waals surface area contributed by atoms with Crippen LogP contribution in [0.1, 0.15) is 0 Å². The van der Waals surface area contributed by atoms with E-state index >= 15 is 0 Å². The first-order chi connectivity index (χ1) is 10.1. The van der Waals surface area contributed by atoms with Gasteiger partial charge in [0, 0.05) is 51.7 Å². The molecule has 1 fully saturated rings. The highest BCUT2D eigenvalue weighted by Gasteiger charge is 2.20. The third-order valence-electron chi connectivity index (χ3n) is 3.79.